The average Bonchev–Trinajstić information content (AvgIpc) is 2.47. The van der Waals surface area contributed by atoms with E-state index in [4.69, 9.17) is 9.84 Å². The predicted octanol–water partition coefficient (Wildman–Crippen LogP) is 5.09. The van der Waals surface area contributed by atoms with Crippen LogP contribution in [0.3, 0.4) is 0 Å². The molecule has 3 aromatic rings. The highest BCUT2D eigenvalue weighted by molar-refractivity contribution is 9.10. The molecular formula is C17H11BrO3. The van der Waals surface area contributed by atoms with E-state index < -0.39 is 5.97 Å². The lowest BCUT2D eigenvalue weighted by molar-refractivity contribution is 0.0696. The number of rotatable bonds is 3. The molecule has 0 aliphatic rings. The summed E-state index contributed by atoms with van der Waals surface area (Å²) in [5.41, 5.74) is 0.209. The zero-order valence-electron chi connectivity index (χ0n) is 10.9. The van der Waals surface area contributed by atoms with Crippen LogP contribution in [-0.2, 0) is 0 Å². The van der Waals surface area contributed by atoms with Crippen molar-refractivity contribution in [1.29, 1.82) is 0 Å². The van der Waals surface area contributed by atoms with Crippen molar-refractivity contribution in [3.8, 4) is 11.5 Å². The topological polar surface area (TPSA) is 46.5 Å². The van der Waals surface area contributed by atoms with Crippen LogP contribution in [0, 0.1) is 0 Å². The molecule has 0 saturated carbocycles. The summed E-state index contributed by atoms with van der Waals surface area (Å²) in [5.74, 6) is 0.352. The summed E-state index contributed by atoms with van der Waals surface area (Å²) in [6, 6.07) is 18.6. The van der Waals surface area contributed by atoms with Crippen molar-refractivity contribution in [2.24, 2.45) is 0 Å². The Morgan fingerprint density at radius 3 is 2.52 bits per heavy atom. The van der Waals surface area contributed by atoms with Gasteiger partial charge < -0.3 is 9.84 Å². The van der Waals surface area contributed by atoms with Gasteiger partial charge in [0, 0.05) is 9.86 Å². The van der Waals surface area contributed by atoms with E-state index >= 15 is 0 Å². The van der Waals surface area contributed by atoms with E-state index in [-0.39, 0.29) is 5.56 Å². The minimum Gasteiger partial charge on any atom is -0.478 e. The van der Waals surface area contributed by atoms with E-state index in [9.17, 15) is 4.79 Å². The first kappa shape index (κ1) is 13.6. The smallest absolute Gasteiger partial charge is 0.336 e. The number of benzene rings is 3. The van der Waals surface area contributed by atoms with Gasteiger partial charge in [-0.3, -0.25) is 0 Å². The Kier molecular flexibility index (Phi) is 3.62. The second-order valence-electron chi connectivity index (χ2n) is 4.53. The third-order valence-corrected chi connectivity index (χ3v) is 3.80. The van der Waals surface area contributed by atoms with Crippen LogP contribution in [0.2, 0.25) is 0 Å². The van der Waals surface area contributed by atoms with E-state index in [1.54, 1.807) is 12.1 Å². The SMILES string of the molecule is O=C(O)c1ccc(Oc2cccc3ccccc23)cc1Br. The summed E-state index contributed by atoms with van der Waals surface area (Å²) in [7, 11) is 0. The van der Waals surface area contributed by atoms with Crippen molar-refractivity contribution < 1.29 is 14.6 Å². The molecule has 0 aliphatic carbocycles. The standard InChI is InChI=1S/C17H11BrO3/c18-15-10-12(8-9-14(15)17(19)20)21-16-7-3-5-11-4-1-2-6-13(11)16/h1-10H,(H,19,20). The lowest BCUT2D eigenvalue weighted by Crippen LogP contribution is -1.97. The van der Waals surface area contributed by atoms with E-state index in [1.165, 1.54) is 6.07 Å². The normalized spacial score (nSPS) is 10.5. The third kappa shape index (κ3) is 2.76. The fraction of sp³-hybridized carbons (Fsp3) is 0. The molecule has 0 aromatic heterocycles. The molecule has 0 unspecified atom stereocenters. The molecule has 0 radical (unpaired) electrons. The first-order valence-corrected chi connectivity index (χ1v) is 7.13. The molecule has 4 heteroatoms. The molecular weight excluding hydrogens is 332 g/mol. The highest BCUT2D eigenvalue weighted by Crippen LogP contribution is 2.31. The van der Waals surface area contributed by atoms with Crippen LogP contribution >= 0.6 is 15.9 Å². The highest BCUT2D eigenvalue weighted by Gasteiger charge is 2.10. The van der Waals surface area contributed by atoms with Crippen molar-refractivity contribution >= 4 is 32.7 Å². The van der Waals surface area contributed by atoms with Gasteiger partial charge in [-0.2, -0.15) is 0 Å². The van der Waals surface area contributed by atoms with Crippen molar-refractivity contribution in [2.45, 2.75) is 0 Å². The van der Waals surface area contributed by atoms with Crippen LogP contribution in [0.15, 0.2) is 65.1 Å². The zero-order chi connectivity index (χ0) is 14.8. The number of hydrogen-bond donors (Lipinski definition) is 1. The van der Waals surface area contributed by atoms with Gasteiger partial charge in [0.15, 0.2) is 0 Å². The van der Waals surface area contributed by atoms with E-state index in [0.717, 1.165) is 16.5 Å². The zero-order valence-corrected chi connectivity index (χ0v) is 12.5. The third-order valence-electron chi connectivity index (χ3n) is 3.15. The first-order chi connectivity index (χ1) is 10.1. The Hall–Kier alpha value is -2.33. The largest absolute Gasteiger partial charge is 0.478 e. The van der Waals surface area contributed by atoms with Crippen LogP contribution < -0.4 is 4.74 Å². The number of ether oxygens (including phenoxy) is 1. The second kappa shape index (κ2) is 5.58. The number of aromatic carboxylic acids is 1. The molecule has 3 aromatic carbocycles. The number of carbonyl (C=O) groups is 1. The Balaban J connectivity index is 1.99. The highest BCUT2D eigenvalue weighted by atomic mass is 79.9. The lowest BCUT2D eigenvalue weighted by atomic mass is 10.1. The molecule has 0 aliphatic heterocycles. The summed E-state index contributed by atoms with van der Waals surface area (Å²) in [4.78, 5) is 11.0. The van der Waals surface area contributed by atoms with Crippen molar-refractivity contribution in [3.63, 3.8) is 0 Å². The van der Waals surface area contributed by atoms with Gasteiger partial charge in [-0.25, -0.2) is 4.79 Å². The van der Waals surface area contributed by atoms with Gasteiger partial charge in [0.1, 0.15) is 11.5 Å². The van der Waals surface area contributed by atoms with Gasteiger partial charge >= 0.3 is 5.97 Å². The number of carboxylic acid groups (broad SMARTS) is 1. The number of halogens is 1. The Bertz CT molecular complexity index is 822. The van der Waals surface area contributed by atoms with E-state index in [2.05, 4.69) is 15.9 Å². The molecule has 3 rings (SSSR count). The van der Waals surface area contributed by atoms with Crippen LogP contribution in [0.4, 0.5) is 0 Å². The van der Waals surface area contributed by atoms with E-state index in [0.29, 0.717) is 10.2 Å². The molecule has 0 atom stereocenters. The van der Waals surface area contributed by atoms with Gasteiger partial charge in [-0.1, -0.05) is 36.4 Å². The lowest BCUT2D eigenvalue weighted by Gasteiger charge is -2.10. The maximum absolute atomic E-state index is 11.0. The van der Waals surface area contributed by atoms with Crippen molar-refractivity contribution in [1.82, 2.24) is 0 Å². The second-order valence-corrected chi connectivity index (χ2v) is 5.38. The van der Waals surface area contributed by atoms with Crippen LogP contribution in [0.1, 0.15) is 10.4 Å². The molecule has 1 N–H and O–H groups in total. The molecule has 0 heterocycles. The Labute approximate surface area is 129 Å². The summed E-state index contributed by atoms with van der Waals surface area (Å²) in [6.45, 7) is 0. The molecule has 0 fully saturated rings. The van der Waals surface area contributed by atoms with Gasteiger partial charge in [-0.15, -0.1) is 0 Å². The van der Waals surface area contributed by atoms with Gasteiger partial charge in [0.2, 0.25) is 0 Å². The summed E-state index contributed by atoms with van der Waals surface area (Å²) < 4.78 is 6.38. The first-order valence-electron chi connectivity index (χ1n) is 6.33. The predicted molar refractivity (Wildman–Crippen MR) is 85.1 cm³/mol. The van der Waals surface area contributed by atoms with Crippen LogP contribution in [-0.4, -0.2) is 11.1 Å². The number of hydrogen-bond acceptors (Lipinski definition) is 2. The molecule has 0 bridgehead atoms. The van der Waals surface area contributed by atoms with E-state index in [1.807, 2.05) is 42.5 Å². The number of fused-ring (bicyclic) bond motifs is 1. The fourth-order valence-electron chi connectivity index (χ4n) is 2.14. The van der Waals surface area contributed by atoms with Crippen LogP contribution in [0.25, 0.3) is 10.8 Å². The molecule has 0 saturated heterocycles. The molecule has 3 nitrogen and oxygen atoms in total. The minimum absolute atomic E-state index is 0.209. The molecule has 0 spiro atoms. The maximum Gasteiger partial charge on any atom is 0.336 e. The van der Waals surface area contributed by atoms with Crippen molar-refractivity contribution in [3.05, 3.63) is 70.7 Å². The Morgan fingerprint density at radius 1 is 1.00 bits per heavy atom. The van der Waals surface area contributed by atoms with Gasteiger partial charge in [0.05, 0.1) is 5.56 Å². The monoisotopic (exact) mass is 342 g/mol. The maximum atomic E-state index is 11.0. The minimum atomic E-state index is -0.974. The molecule has 21 heavy (non-hydrogen) atoms. The fourth-order valence-corrected chi connectivity index (χ4v) is 2.67. The summed E-state index contributed by atoms with van der Waals surface area (Å²) in [6.07, 6.45) is 0. The number of carboxylic acids is 1. The van der Waals surface area contributed by atoms with Gasteiger partial charge in [0.25, 0.3) is 0 Å². The van der Waals surface area contributed by atoms with Gasteiger partial charge in [-0.05, 0) is 45.6 Å². The quantitative estimate of drug-likeness (QED) is 0.720. The molecule has 0 amide bonds. The molecule has 104 valence electrons. The van der Waals surface area contributed by atoms with Crippen molar-refractivity contribution in [2.75, 3.05) is 0 Å². The Morgan fingerprint density at radius 2 is 1.76 bits per heavy atom. The summed E-state index contributed by atoms with van der Waals surface area (Å²) in [5, 5.41) is 11.1. The summed E-state index contributed by atoms with van der Waals surface area (Å²) >= 11 is 3.25. The average molecular weight is 343 g/mol. The van der Waals surface area contributed by atoms with Crippen LogP contribution in [0.5, 0.6) is 11.5 Å².